The maximum Gasteiger partial charge on any atom is 0.335 e. The Kier molecular flexibility index (Phi) is 8.15. The third-order valence-electron chi connectivity index (χ3n) is 7.93. The topological polar surface area (TPSA) is 123 Å². The number of rotatable bonds is 10. The minimum atomic E-state index is -1.06. The van der Waals surface area contributed by atoms with E-state index in [0.29, 0.717) is 40.6 Å². The highest BCUT2D eigenvalue weighted by Crippen LogP contribution is 2.30. The largest absolute Gasteiger partial charge is 0.478 e. The molecule has 234 valence electrons. The number of nitrogens with zero attached hydrogens (tertiary/aromatic N) is 5. The second kappa shape index (κ2) is 12.7. The molecule has 47 heavy (non-hydrogen) atoms. The molecule has 6 aromatic rings. The number of imidazole rings is 1. The zero-order valence-electron chi connectivity index (χ0n) is 24.7. The Morgan fingerprint density at radius 1 is 1.09 bits per heavy atom. The molecule has 1 fully saturated rings. The van der Waals surface area contributed by atoms with Crippen LogP contribution in [-0.4, -0.2) is 43.3 Å². The first-order valence-electron chi connectivity index (χ1n) is 14.7. The summed E-state index contributed by atoms with van der Waals surface area (Å²) in [5.41, 5.74) is 3.07. The summed E-state index contributed by atoms with van der Waals surface area (Å²) in [6.07, 6.45) is 2.50. The van der Waals surface area contributed by atoms with Gasteiger partial charge < -0.3 is 19.1 Å². The maximum atomic E-state index is 15.6. The van der Waals surface area contributed by atoms with Gasteiger partial charge in [0, 0.05) is 30.9 Å². The van der Waals surface area contributed by atoms with Crippen molar-refractivity contribution in [3.05, 3.63) is 118 Å². The van der Waals surface area contributed by atoms with Crippen molar-refractivity contribution in [2.24, 2.45) is 0 Å². The zero-order valence-corrected chi connectivity index (χ0v) is 25.5. The lowest BCUT2D eigenvalue weighted by Crippen LogP contribution is -2.31. The summed E-state index contributed by atoms with van der Waals surface area (Å²) in [4.78, 5) is 26.0. The Labute approximate surface area is 271 Å². The monoisotopic (exact) mass is 649 g/mol. The van der Waals surface area contributed by atoms with Crippen molar-refractivity contribution in [2.45, 2.75) is 32.1 Å². The van der Waals surface area contributed by atoms with Crippen molar-refractivity contribution < 1.29 is 28.2 Å². The summed E-state index contributed by atoms with van der Waals surface area (Å²) in [6.45, 7) is 1.19. The molecule has 4 heterocycles. The van der Waals surface area contributed by atoms with Crippen LogP contribution in [0.1, 0.15) is 38.7 Å². The first-order chi connectivity index (χ1) is 22.8. The summed E-state index contributed by atoms with van der Waals surface area (Å²) in [5, 5.41) is 19.2. The number of aromatic carboxylic acids is 1. The van der Waals surface area contributed by atoms with E-state index in [1.807, 2.05) is 16.7 Å². The number of fused-ring (bicyclic) bond motifs is 1. The maximum absolute atomic E-state index is 15.6. The van der Waals surface area contributed by atoms with E-state index in [-0.39, 0.29) is 47.4 Å². The second-order valence-electron chi connectivity index (χ2n) is 11.0. The molecule has 0 bridgehead atoms. The molecule has 7 rings (SSSR count). The molecule has 9 nitrogen and oxygen atoms in total. The molecule has 3 aromatic heterocycles. The number of carbonyl (C=O) groups is 1. The normalized spacial score (nSPS) is 14.1. The Hall–Kier alpha value is -5.51. The molecule has 0 spiro atoms. The predicted molar refractivity (Wildman–Crippen MR) is 170 cm³/mol. The van der Waals surface area contributed by atoms with E-state index in [9.17, 15) is 9.90 Å². The van der Waals surface area contributed by atoms with Gasteiger partial charge in [0.2, 0.25) is 5.88 Å². The van der Waals surface area contributed by atoms with Gasteiger partial charge >= 0.3 is 5.97 Å². The lowest BCUT2D eigenvalue weighted by molar-refractivity contribution is -0.0589. The zero-order chi connectivity index (χ0) is 32.5. The molecule has 3 aromatic carbocycles. The summed E-state index contributed by atoms with van der Waals surface area (Å²) >= 11 is 1.44. The summed E-state index contributed by atoms with van der Waals surface area (Å²) in [5.74, 6) is -1.64. The van der Waals surface area contributed by atoms with Gasteiger partial charge in [-0.15, -0.1) is 11.3 Å². The number of halogens is 2. The Morgan fingerprint density at radius 3 is 2.66 bits per heavy atom. The van der Waals surface area contributed by atoms with Gasteiger partial charge in [0.05, 0.1) is 51.4 Å². The fraction of sp³-hybridized carbons (Fsp3) is 0.171. The van der Waals surface area contributed by atoms with Gasteiger partial charge in [0.15, 0.2) is 0 Å². The minimum absolute atomic E-state index is 0.0122. The van der Waals surface area contributed by atoms with Gasteiger partial charge in [-0.25, -0.2) is 28.5 Å². The van der Waals surface area contributed by atoms with Crippen molar-refractivity contribution in [1.29, 1.82) is 5.26 Å². The van der Waals surface area contributed by atoms with E-state index in [1.54, 1.807) is 42.6 Å². The number of aromatic nitrogens is 4. The molecule has 1 unspecified atom stereocenters. The number of carboxylic acid groups (broad SMARTS) is 1. The Bertz CT molecular complexity index is 2170. The van der Waals surface area contributed by atoms with Gasteiger partial charge in [-0.2, -0.15) is 5.26 Å². The highest BCUT2D eigenvalue weighted by molar-refractivity contribution is 7.15. The predicted octanol–water partition coefficient (Wildman–Crippen LogP) is 7.03. The van der Waals surface area contributed by atoms with E-state index in [0.717, 1.165) is 29.0 Å². The van der Waals surface area contributed by atoms with Gasteiger partial charge in [0.25, 0.3) is 0 Å². The number of pyridine rings is 1. The van der Waals surface area contributed by atoms with Crippen LogP contribution in [0.15, 0.2) is 79.0 Å². The van der Waals surface area contributed by atoms with Crippen molar-refractivity contribution in [2.75, 3.05) is 6.61 Å². The molecule has 0 saturated carbocycles. The molecule has 1 aliphatic rings. The van der Waals surface area contributed by atoms with E-state index < -0.39 is 17.6 Å². The van der Waals surface area contributed by atoms with Crippen LogP contribution in [-0.2, 0) is 24.3 Å². The van der Waals surface area contributed by atoms with Crippen LogP contribution in [0.25, 0.3) is 32.7 Å². The number of hydrogen-bond donors (Lipinski definition) is 1. The Morgan fingerprint density at radius 2 is 1.91 bits per heavy atom. The molecule has 1 aliphatic heterocycles. The minimum Gasteiger partial charge on any atom is -0.478 e. The van der Waals surface area contributed by atoms with Gasteiger partial charge in [-0.3, -0.25) is 0 Å². The highest BCUT2D eigenvalue weighted by atomic mass is 32.1. The second-order valence-corrected chi connectivity index (χ2v) is 12.1. The fourth-order valence-electron chi connectivity index (χ4n) is 5.37. The van der Waals surface area contributed by atoms with Crippen molar-refractivity contribution >= 4 is 28.3 Å². The SMILES string of the molecule is N#Cc1ccc(-c2cnc(COc3cccc(-c4cc(F)c(Cc5nc6ccc(C(=O)O)cc6n5CC5CCO5)cc4F)n3)s2)cc1. The van der Waals surface area contributed by atoms with Crippen LogP contribution in [0.2, 0.25) is 0 Å². The average Bonchev–Trinajstić information content (AvgIpc) is 3.67. The van der Waals surface area contributed by atoms with E-state index in [4.69, 9.17) is 14.7 Å². The summed E-state index contributed by atoms with van der Waals surface area (Å²) < 4.78 is 44.4. The standard InChI is InChI=1S/C35H25F2N5O4S/c36-26-15-25(28-2-1-3-33(41-28)46-19-34-39-17-31(47-34)21-6-4-20(16-38)5-7-21)27(37)12-23(26)14-32-40-29-9-8-22(35(43)44)13-30(29)42(32)18-24-10-11-45-24/h1-9,12-13,15,17,24H,10-11,14,18-19H2,(H,43,44). The fourth-order valence-corrected chi connectivity index (χ4v) is 6.20. The van der Waals surface area contributed by atoms with Crippen molar-refractivity contribution in [1.82, 2.24) is 19.5 Å². The molecule has 0 amide bonds. The molecule has 0 aliphatic carbocycles. The van der Waals surface area contributed by atoms with Crippen LogP contribution >= 0.6 is 11.3 Å². The first kappa shape index (κ1) is 30.2. The summed E-state index contributed by atoms with van der Waals surface area (Å²) in [6, 6.07) is 21.1. The van der Waals surface area contributed by atoms with Crippen LogP contribution in [0.3, 0.4) is 0 Å². The average molecular weight is 650 g/mol. The molecule has 1 N–H and O–H groups in total. The smallest absolute Gasteiger partial charge is 0.335 e. The molecule has 0 radical (unpaired) electrons. The van der Waals surface area contributed by atoms with E-state index in [2.05, 4.69) is 21.0 Å². The van der Waals surface area contributed by atoms with Crippen LogP contribution < -0.4 is 4.74 Å². The molecular weight excluding hydrogens is 624 g/mol. The quantitative estimate of drug-likeness (QED) is 0.168. The summed E-state index contributed by atoms with van der Waals surface area (Å²) in [7, 11) is 0. The number of nitriles is 1. The number of hydrogen-bond acceptors (Lipinski definition) is 8. The van der Waals surface area contributed by atoms with E-state index in [1.165, 1.54) is 23.5 Å². The van der Waals surface area contributed by atoms with Crippen molar-refractivity contribution in [3.8, 4) is 33.6 Å². The number of ether oxygens (including phenoxy) is 2. The third kappa shape index (κ3) is 6.31. The molecular formula is C35H25F2N5O4S. The van der Waals surface area contributed by atoms with Gasteiger partial charge in [-0.05, 0) is 66.1 Å². The lowest BCUT2D eigenvalue weighted by atomic mass is 10.0. The lowest BCUT2D eigenvalue weighted by Gasteiger charge is -2.27. The van der Waals surface area contributed by atoms with Crippen molar-refractivity contribution in [3.63, 3.8) is 0 Å². The van der Waals surface area contributed by atoms with E-state index >= 15 is 8.78 Å². The number of benzene rings is 3. The van der Waals surface area contributed by atoms with Crippen LogP contribution in [0, 0.1) is 23.0 Å². The molecule has 1 saturated heterocycles. The Balaban J connectivity index is 1.10. The molecule has 1 atom stereocenters. The number of thiazole rings is 1. The van der Waals surface area contributed by atoms with Gasteiger partial charge in [0.1, 0.15) is 29.1 Å². The number of carboxylic acids is 1. The first-order valence-corrected chi connectivity index (χ1v) is 15.5. The van der Waals surface area contributed by atoms with Crippen LogP contribution in [0.5, 0.6) is 5.88 Å². The third-order valence-corrected chi connectivity index (χ3v) is 8.95. The molecule has 12 heteroatoms. The van der Waals surface area contributed by atoms with Gasteiger partial charge in [-0.1, -0.05) is 18.2 Å². The van der Waals surface area contributed by atoms with Crippen LogP contribution in [0.4, 0.5) is 8.78 Å². The highest BCUT2D eigenvalue weighted by Gasteiger charge is 2.24.